The molecule has 3 aromatic heterocycles. The van der Waals surface area contributed by atoms with E-state index in [0.717, 1.165) is 25.5 Å². The fourth-order valence-corrected chi connectivity index (χ4v) is 4.86. The Hall–Kier alpha value is -3.34. The zero-order valence-corrected chi connectivity index (χ0v) is 19.1. The van der Waals surface area contributed by atoms with Gasteiger partial charge in [0.2, 0.25) is 0 Å². The number of nitrogens with one attached hydrogen (secondary N) is 1. The van der Waals surface area contributed by atoms with Crippen molar-refractivity contribution < 1.29 is 17.9 Å². The molecule has 5 rings (SSSR count). The Morgan fingerprint density at radius 2 is 2.03 bits per heavy atom. The Balaban J connectivity index is 1.70. The lowest BCUT2D eigenvalue weighted by molar-refractivity contribution is -0.137. The molecule has 34 heavy (non-hydrogen) atoms. The number of pyridine rings is 1. The van der Waals surface area contributed by atoms with Crippen LogP contribution in [-0.2, 0) is 6.18 Å². The van der Waals surface area contributed by atoms with Crippen LogP contribution in [0.25, 0.3) is 27.8 Å². The number of piperidine rings is 1. The van der Waals surface area contributed by atoms with Crippen LogP contribution in [0.3, 0.4) is 0 Å². The fourth-order valence-electron chi connectivity index (χ4n) is 4.86. The summed E-state index contributed by atoms with van der Waals surface area (Å²) in [7, 11) is 1.42. The van der Waals surface area contributed by atoms with Crippen LogP contribution in [0.4, 0.5) is 13.2 Å². The van der Waals surface area contributed by atoms with Gasteiger partial charge in [-0.3, -0.25) is 9.47 Å². The molecule has 4 heterocycles. The van der Waals surface area contributed by atoms with Gasteiger partial charge in [-0.2, -0.15) is 18.3 Å². The molecule has 1 aromatic carbocycles. The van der Waals surface area contributed by atoms with Gasteiger partial charge in [0.25, 0.3) is 0 Å². The first-order valence-corrected chi connectivity index (χ1v) is 11.1. The van der Waals surface area contributed by atoms with E-state index in [1.807, 2.05) is 0 Å². The number of benzene rings is 1. The van der Waals surface area contributed by atoms with Gasteiger partial charge in [-0.05, 0) is 57.0 Å². The van der Waals surface area contributed by atoms with Crippen molar-refractivity contribution in [3.05, 3.63) is 46.8 Å². The average Bonchev–Trinajstić information content (AvgIpc) is 3.40. The number of aromatic nitrogens is 5. The molecule has 180 valence electrons. The predicted molar refractivity (Wildman–Crippen MR) is 121 cm³/mol. The van der Waals surface area contributed by atoms with Crippen molar-refractivity contribution in [2.24, 2.45) is 0 Å². The lowest BCUT2D eigenvalue weighted by Crippen LogP contribution is -2.42. The monoisotopic (exact) mass is 474 g/mol. The minimum atomic E-state index is -4.64. The van der Waals surface area contributed by atoms with Crippen LogP contribution in [-0.4, -0.2) is 55.3 Å². The highest BCUT2D eigenvalue weighted by Gasteiger charge is 2.36. The van der Waals surface area contributed by atoms with Gasteiger partial charge in [0.05, 0.1) is 29.7 Å². The van der Waals surface area contributed by atoms with Crippen molar-refractivity contribution in [1.29, 1.82) is 0 Å². The van der Waals surface area contributed by atoms with Crippen molar-refractivity contribution in [3.63, 3.8) is 0 Å². The summed E-state index contributed by atoms with van der Waals surface area (Å²) in [5, 5.41) is 4.05. The van der Waals surface area contributed by atoms with E-state index in [0.29, 0.717) is 29.5 Å². The molecular formula is C23H25F3N6O2. The number of alkyl halides is 3. The van der Waals surface area contributed by atoms with E-state index in [1.165, 1.54) is 40.8 Å². The number of methoxy groups -OCH3 is 1. The van der Waals surface area contributed by atoms with Gasteiger partial charge in [0.15, 0.2) is 11.4 Å². The maximum absolute atomic E-state index is 14.3. The van der Waals surface area contributed by atoms with E-state index < -0.39 is 17.4 Å². The number of fused-ring (bicyclic) bond motifs is 2. The van der Waals surface area contributed by atoms with Gasteiger partial charge in [-0.1, -0.05) is 0 Å². The number of nitrogens with zero attached hydrogens (tertiary/aromatic N) is 5. The highest BCUT2D eigenvalue weighted by atomic mass is 19.4. The van der Waals surface area contributed by atoms with Crippen molar-refractivity contribution >= 4 is 16.7 Å². The van der Waals surface area contributed by atoms with Gasteiger partial charge in [0, 0.05) is 24.3 Å². The number of halogens is 3. The first-order chi connectivity index (χ1) is 16.2. The smallest absolute Gasteiger partial charge is 0.417 e. The first-order valence-electron chi connectivity index (χ1n) is 11.1. The summed E-state index contributed by atoms with van der Waals surface area (Å²) in [5.41, 5.74) is -0.0471. The normalized spacial score (nSPS) is 17.8. The predicted octanol–water partition coefficient (Wildman–Crippen LogP) is 4.11. The van der Waals surface area contributed by atoms with E-state index >= 15 is 0 Å². The van der Waals surface area contributed by atoms with Gasteiger partial charge in [-0.15, -0.1) is 0 Å². The third-order valence-corrected chi connectivity index (χ3v) is 6.56. The summed E-state index contributed by atoms with van der Waals surface area (Å²) >= 11 is 0. The molecule has 1 aliphatic heterocycles. The van der Waals surface area contributed by atoms with Crippen molar-refractivity contribution in [1.82, 2.24) is 29.0 Å². The highest BCUT2D eigenvalue weighted by Crippen LogP contribution is 2.41. The minimum Gasteiger partial charge on any atom is -0.493 e. The van der Waals surface area contributed by atoms with Crippen molar-refractivity contribution in [2.45, 2.75) is 44.9 Å². The summed E-state index contributed by atoms with van der Waals surface area (Å²) in [4.78, 5) is 22.0. The molecule has 0 radical (unpaired) electrons. The molecule has 0 aliphatic carbocycles. The fraction of sp³-hybridized carbons (Fsp3) is 0.435. The van der Waals surface area contributed by atoms with E-state index in [4.69, 9.17) is 4.74 Å². The molecule has 1 N–H and O–H groups in total. The van der Waals surface area contributed by atoms with Crippen LogP contribution < -0.4 is 10.4 Å². The van der Waals surface area contributed by atoms with Gasteiger partial charge in [-0.25, -0.2) is 14.3 Å². The molecule has 0 saturated carbocycles. The van der Waals surface area contributed by atoms with Gasteiger partial charge in [0.1, 0.15) is 6.33 Å². The molecule has 0 spiro atoms. The molecule has 1 aliphatic rings. The molecule has 0 bridgehead atoms. The van der Waals surface area contributed by atoms with E-state index in [1.54, 1.807) is 0 Å². The standard InChI is InChI=1S/C23H25F3N6O2/c1-13(2)30-6-4-5-15(11-30)32-19-9-17(23(24,25)26)16(8-18(19)29-22(32)33)14-7-20(34-3)21-27-12-28-31(21)10-14/h7-10,12-13,15H,4-6,11H2,1-3H3,(H,29,33). The Labute approximate surface area is 193 Å². The van der Waals surface area contributed by atoms with Crippen LogP contribution in [0, 0.1) is 0 Å². The Bertz CT molecular complexity index is 1420. The molecular weight excluding hydrogens is 449 g/mol. The molecule has 1 unspecified atom stereocenters. The average molecular weight is 474 g/mol. The second-order valence-corrected chi connectivity index (χ2v) is 8.92. The second-order valence-electron chi connectivity index (χ2n) is 8.92. The van der Waals surface area contributed by atoms with Crippen molar-refractivity contribution in [2.75, 3.05) is 20.2 Å². The molecule has 11 heteroatoms. The summed E-state index contributed by atoms with van der Waals surface area (Å²) in [5.74, 6) is 0.297. The number of ether oxygens (including phenoxy) is 1. The number of H-pyrrole nitrogens is 1. The number of imidazole rings is 1. The molecule has 8 nitrogen and oxygen atoms in total. The van der Waals surface area contributed by atoms with E-state index in [2.05, 4.69) is 33.8 Å². The largest absolute Gasteiger partial charge is 0.493 e. The third kappa shape index (κ3) is 3.73. The third-order valence-electron chi connectivity index (χ3n) is 6.56. The quantitative estimate of drug-likeness (QED) is 0.482. The van der Waals surface area contributed by atoms with Crippen LogP contribution in [0.1, 0.15) is 38.3 Å². The molecule has 1 fully saturated rings. The van der Waals surface area contributed by atoms with Gasteiger partial charge >= 0.3 is 11.9 Å². The Morgan fingerprint density at radius 1 is 1.24 bits per heavy atom. The SMILES string of the molecule is COc1cc(-c2cc3[nH]c(=O)n(C4CCCN(C(C)C)C4)c3cc2C(F)(F)F)cn2ncnc12. The summed E-state index contributed by atoms with van der Waals surface area (Å²) < 4.78 is 51.0. The number of hydrogen-bond acceptors (Lipinski definition) is 5. The molecule has 4 aromatic rings. The Kier molecular flexibility index (Phi) is 5.38. The molecule has 1 atom stereocenters. The zero-order chi connectivity index (χ0) is 24.2. The number of likely N-dealkylation sites (tertiary alicyclic amines) is 1. The summed E-state index contributed by atoms with van der Waals surface area (Å²) in [6.45, 7) is 5.69. The van der Waals surface area contributed by atoms with Crippen LogP contribution in [0.2, 0.25) is 0 Å². The Morgan fingerprint density at radius 3 is 2.74 bits per heavy atom. The summed E-state index contributed by atoms with van der Waals surface area (Å²) in [6.07, 6.45) is -0.248. The number of hydrogen-bond donors (Lipinski definition) is 1. The molecule has 1 saturated heterocycles. The number of rotatable bonds is 4. The minimum absolute atomic E-state index is 0.0726. The maximum atomic E-state index is 14.3. The summed E-state index contributed by atoms with van der Waals surface area (Å²) in [6, 6.07) is 4.06. The molecule has 0 amide bonds. The van der Waals surface area contributed by atoms with E-state index in [-0.39, 0.29) is 22.7 Å². The van der Waals surface area contributed by atoms with Gasteiger partial charge < -0.3 is 9.72 Å². The van der Waals surface area contributed by atoms with E-state index in [9.17, 15) is 18.0 Å². The maximum Gasteiger partial charge on any atom is 0.417 e. The lowest BCUT2D eigenvalue weighted by atomic mass is 9.98. The van der Waals surface area contributed by atoms with Crippen LogP contribution in [0.15, 0.2) is 35.5 Å². The topological polar surface area (TPSA) is 80.5 Å². The first kappa shape index (κ1) is 22.5. The highest BCUT2D eigenvalue weighted by molar-refractivity contribution is 5.85. The lowest BCUT2D eigenvalue weighted by Gasteiger charge is -2.35. The zero-order valence-electron chi connectivity index (χ0n) is 19.1. The van der Waals surface area contributed by atoms with Crippen molar-refractivity contribution in [3.8, 4) is 16.9 Å². The van der Waals surface area contributed by atoms with Crippen LogP contribution in [0.5, 0.6) is 5.75 Å². The second kappa shape index (κ2) is 8.15. The van der Waals surface area contributed by atoms with Crippen LogP contribution >= 0.6 is 0 Å². The number of aromatic amines is 1.